The summed E-state index contributed by atoms with van der Waals surface area (Å²) in [4.78, 5) is 25.2. The van der Waals surface area contributed by atoms with Crippen molar-refractivity contribution in [1.29, 1.82) is 0 Å². The second-order valence-corrected chi connectivity index (χ2v) is 5.52. The van der Waals surface area contributed by atoms with Gasteiger partial charge in [-0.2, -0.15) is 0 Å². The zero-order chi connectivity index (χ0) is 15.4. The van der Waals surface area contributed by atoms with Crippen molar-refractivity contribution in [3.05, 3.63) is 35.4 Å². The average Bonchev–Trinajstić information content (AvgIpc) is 2.43. The topological polar surface area (TPSA) is 66.8 Å². The van der Waals surface area contributed by atoms with E-state index in [1.165, 1.54) is 0 Å². The first-order valence-electron chi connectivity index (χ1n) is 7.21. The highest BCUT2D eigenvalue weighted by molar-refractivity contribution is 5.89. The summed E-state index contributed by atoms with van der Waals surface area (Å²) in [5.74, 6) is -0.899. The van der Waals surface area contributed by atoms with Gasteiger partial charge in [-0.05, 0) is 31.9 Å². The van der Waals surface area contributed by atoms with Crippen LogP contribution in [-0.2, 0) is 16.0 Å². The number of carboxylic acids is 1. The number of aryl methyl sites for hydroxylation is 1. The van der Waals surface area contributed by atoms with E-state index in [0.717, 1.165) is 0 Å². The lowest BCUT2D eigenvalue weighted by Crippen LogP contribution is -2.48. The Balaban J connectivity index is 1.97. The number of morpholine rings is 1. The number of carbonyl (C=O) groups excluding carboxylic acids is 1. The maximum atomic E-state index is 12.3. The van der Waals surface area contributed by atoms with Gasteiger partial charge in [-0.3, -0.25) is 4.79 Å². The monoisotopic (exact) mass is 291 g/mol. The van der Waals surface area contributed by atoms with Crippen molar-refractivity contribution >= 4 is 11.9 Å². The number of hydrogen-bond acceptors (Lipinski definition) is 3. The van der Waals surface area contributed by atoms with Gasteiger partial charge >= 0.3 is 5.97 Å². The molecule has 0 spiro atoms. The van der Waals surface area contributed by atoms with E-state index in [1.807, 2.05) is 18.7 Å². The fourth-order valence-electron chi connectivity index (χ4n) is 2.73. The molecule has 0 aliphatic carbocycles. The van der Waals surface area contributed by atoms with Crippen molar-refractivity contribution in [3.8, 4) is 0 Å². The Morgan fingerprint density at radius 1 is 1.24 bits per heavy atom. The molecule has 1 heterocycles. The number of nitrogens with zero attached hydrogens (tertiary/aromatic N) is 1. The van der Waals surface area contributed by atoms with E-state index in [2.05, 4.69) is 0 Å². The van der Waals surface area contributed by atoms with Crippen LogP contribution in [0.4, 0.5) is 0 Å². The van der Waals surface area contributed by atoms with Gasteiger partial charge in [0.05, 0.1) is 17.8 Å². The van der Waals surface area contributed by atoms with Crippen LogP contribution in [0, 0.1) is 0 Å². The number of hydrogen-bond donors (Lipinski definition) is 1. The number of rotatable bonds is 4. The van der Waals surface area contributed by atoms with Crippen LogP contribution in [0.1, 0.15) is 36.2 Å². The van der Waals surface area contributed by atoms with E-state index in [9.17, 15) is 9.59 Å². The molecule has 1 aromatic carbocycles. The molecule has 1 fully saturated rings. The van der Waals surface area contributed by atoms with Crippen LogP contribution in [0.2, 0.25) is 0 Å². The molecule has 0 saturated carbocycles. The molecule has 2 rings (SSSR count). The Kier molecular flexibility index (Phi) is 4.96. The van der Waals surface area contributed by atoms with Crippen LogP contribution in [-0.4, -0.2) is 47.2 Å². The number of amides is 1. The summed E-state index contributed by atoms with van der Waals surface area (Å²) in [6.07, 6.45) is 0.860. The molecule has 0 aromatic heterocycles. The van der Waals surface area contributed by atoms with Gasteiger partial charge in [0.15, 0.2) is 0 Å². The minimum Gasteiger partial charge on any atom is -0.478 e. The molecule has 5 nitrogen and oxygen atoms in total. The van der Waals surface area contributed by atoms with E-state index in [1.54, 1.807) is 24.3 Å². The zero-order valence-corrected chi connectivity index (χ0v) is 12.4. The molecule has 114 valence electrons. The molecule has 1 aliphatic rings. The van der Waals surface area contributed by atoms with Gasteiger partial charge in [0, 0.05) is 19.5 Å². The summed E-state index contributed by atoms with van der Waals surface area (Å²) in [5.41, 5.74) is 0.974. The minimum absolute atomic E-state index is 0.0454. The maximum absolute atomic E-state index is 12.3. The molecule has 21 heavy (non-hydrogen) atoms. The number of aromatic carboxylic acids is 1. The number of ether oxygens (including phenoxy) is 1. The molecule has 1 aliphatic heterocycles. The van der Waals surface area contributed by atoms with Gasteiger partial charge in [-0.25, -0.2) is 4.79 Å². The van der Waals surface area contributed by atoms with Crippen molar-refractivity contribution < 1.29 is 19.4 Å². The lowest BCUT2D eigenvalue weighted by molar-refractivity contribution is -0.143. The first-order valence-corrected chi connectivity index (χ1v) is 7.21. The van der Waals surface area contributed by atoms with E-state index in [-0.39, 0.29) is 23.7 Å². The Labute approximate surface area is 124 Å². The van der Waals surface area contributed by atoms with Gasteiger partial charge in [0.1, 0.15) is 0 Å². The number of carboxylic acid groups (broad SMARTS) is 1. The second-order valence-electron chi connectivity index (χ2n) is 5.52. The molecule has 2 unspecified atom stereocenters. The minimum atomic E-state index is -0.952. The van der Waals surface area contributed by atoms with Crippen molar-refractivity contribution in [1.82, 2.24) is 4.90 Å². The Morgan fingerprint density at radius 3 is 2.48 bits per heavy atom. The first-order chi connectivity index (χ1) is 9.97. The zero-order valence-electron chi connectivity index (χ0n) is 12.4. The lowest BCUT2D eigenvalue weighted by atomic mass is 10.0. The first kappa shape index (κ1) is 15.5. The van der Waals surface area contributed by atoms with Gasteiger partial charge in [0.2, 0.25) is 5.91 Å². The second kappa shape index (κ2) is 6.72. The van der Waals surface area contributed by atoms with Crippen molar-refractivity contribution in [2.24, 2.45) is 0 Å². The lowest BCUT2D eigenvalue weighted by Gasteiger charge is -2.35. The normalized spacial score (nSPS) is 22.1. The molecule has 1 aromatic rings. The van der Waals surface area contributed by atoms with Crippen LogP contribution in [0.5, 0.6) is 0 Å². The summed E-state index contributed by atoms with van der Waals surface area (Å²) < 4.78 is 5.61. The van der Waals surface area contributed by atoms with E-state index >= 15 is 0 Å². The average molecular weight is 291 g/mol. The van der Waals surface area contributed by atoms with E-state index in [4.69, 9.17) is 9.84 Å². The van der Waals surface area contributed by atoms with Crippen LogP contribution in [0.25, 0.3) is 0 Å². The molecule has 0 radical (unpaired) electrons. The maximum Gasteiger partial charge on any atom is 0.335 e. The molecule has 1 N–H and O–H groups in total. The van der Waals surface area contributed by atoms with Crippen molar-refractivity contribution in [3.63, 3.8) is 0 Å². The highest BCUT2D eigenvalue weighted by atomic mass is 16.5. The van der Waals surface area contributed by atoms with Gasteiger partial charge < -0.3 is 14.7 Å². The highest BCUT2D eigenvalue weighted by Crippen LogP contribution is 2.15. The molecule has 1 saturated heterocycles. The summed E-state index contributed by atoms with van der Waals surface area (Å²) >= 11 is 0. The quantitative estimate of drug-likeness (QED) is 0.920. The number of benzene rings is 1. The Hall–Kier alpha value is -1.88. The van der Waals surface area contributed by atoms with E-state index < -0.39 is 5.97 Å². The molecular formula is C16H21NO4. The summed E-state index contributed by atoms with van der Waals surface area (Å²) in [5, 5.41) is 9.14. The molecule has 1 amide bonds. The summed E-state index contributed by atoms with van der Waals surface area (Å²) in [7, 11) is 0. The smallest absolute Gasteiger partial charge is 0.335 e. The SMILES string of the molecule is CC1CN(C(=O)CCc2ccccc2C(=O)O)CC(C)O1. The van der Waals surface area contributed by atoms with E-state index in [0.29, 0.717) is 31.5 Å². The van der Waals surface area contributed by atoms with Crippen LogP contribution in [0.15, 0.2) is 24.3 Å². The molecule has 0 bridgehead atoms. The summed E-state index contributed by atoms with van der Waals surface area (Å²) in [6.45, 7) is 5.11. The highest BCUT2D eigenvalue weighted by Gasteiger charge is 2.25. The molecular weight excluding hydrogens is 270 g/mol. The van der Waals surface area contributed by atoms with Crippen molar-refractivity contribution in [2.75, 3.05) is 13.1 Å². The fourth-order valence-corrected chi connectivity index (χ4v) is 2.73. The van der Waals surface area contributed by atoms with Crippen molar-refractivity contribution in [2.45, 2.75) is 38.9 Å². The standard InChI is InChI=1S/C16H21NO4/c1-11-9-17(10-12(2)21-11)15(18)8-7-13-5-3-4-6-14(13)16(19)20/h3-6,11-12H,7-10H2,1-2H3,(H,19,20). The molecule has 2 atom stereocenters. The third-order valence-electron chi connectivity index (χ3n) is 3.63. The molecule has 5 heteroatoms. The summed E-state index contributed by atoms with van der Waals surface area (Å²) in [6, 6.07) is 6.83. The number of carbonyl (C=O) groups is 2. The van der Waals surface area contributed by atoms with Crippen LogP contribution >= 0.6 is 0 Å². The fraction of sp³-hybridized carbons (Fsp3) is 0.500. The third kappa shape index (κ3) is 4.04. The van der Waals surface area contributed by atoms with Gasteiger partial charge in [-0.15, -0.1) is 0 Å². The van der Waals surface area contributed by atoms with Crippen LogP contribution in [0.3, 0.4) is 0 Å². The van der Waals surface area contributed by atoms with Gasteiger partial charge in [0.25, 0.3) is 0 Å². The Morgan fingerprint density at radius 2 is 1.86 bits per heavy atom. The van der Waals surface area contributed by atoms with Crippen LogP contribution < -0.4 is 0 Å². The van der Waals surface area contributed by atoms with Gasteiger partial charge in [-0.1, -0.05) is 18.2 Å². The third-order valence-corrected chi connectivity index (χ3v) is 3.63. The Bertz CT molecular complexity index is 519. The largest absolute Gasteiger partial charge is 0.478 e. The predicted octanol–water partition coefficient (Wildman–Crippen LogP) is 1.95. The predicted molar refractivity (Wildman–Crippen MR) is 78.3 cm³/mol.